The normalized spacial score (nSPS) is 13.6. The highest BCUT2D eigenvalue weighted by Gasteiger charge is 2.37. The molecule has 0 saturated carbocycles. The van der Waals surface area contributed by atoms with Crippen molar-refractivity contribution >= 4 is 25.2 Å². The lowest BCUT2D eigenvalue weighted by atomic mass is 10.5. The van der Waals surface area contributed by atoms with Crippen molar-refractivity contribution in [3.05, 3.63) is 24.8 Å². The highest BCUT2D eigenvalue weighted by atomic mass is 28.5. The second-order valence-corrected chi connectivity index (χ2v) is 20.6. The van der Waals surface area contributed by atoms with Gasteiger partial charge >= 0.3 is 8.56 Å². The van der Waals surface area contributed by atoms with Crippen LogP contribution in [0, 0.1) is 0 Å². The second kappa shape index (κ2) is 11.6. The zero-order valence-corrected chi connectivity index (χ0v) is 19.8. The minimum atomic E-state index is -2.02. The Bertz CT molecular complexity index is 377. The van der Waals surface area contributed by atoms with Crippen LogP contribution in [0.1, 0.15) is 6.42 Å². The van der Waals surface area contributed by atoms with Crippen LogP contribution in [0.3, 0.4) is 0 Å². The van der Waals surface area contributed by atoms with Crippen LogP contribution in [0.5, 0.6) is 0 Å². The van der Waals surface area contributed by atoms with E-state index < -0.39 is 25.2 Å². The summed E-state index contributed by atoms with van der Waals surface area (Å²) in [4.78, 5) is 0. The van der Waals surface area contributed by atoms with E-state index in [0.29, 0.717) is 19.8 Å². The maximum atomic E-state index is 6.48. The van der Waals surface area contributed by atoms with Gasteiger partial charge in [0.15, 0.2) is 16.6 Å². The van der Waals surface area contributed by atoms with Crippen molar-refractivity contribution in [1.29, 1.82) is 0 Å². The minimum absolute atomic E-state index is 0.611. The first-order valence-corrected chi connectivity index (χ1v) is 18.1. The third kappa shape index (κ3) is 15.5. The number of ether oxygens (including phenoxy) is 2. The van der Waals surface area contributed by atoms with Crippen LogP contribution in [0.2, 0.25) is 51.9 Å². The number of hydrogen-bond acceptors (Lipinski definition) is 4. The molecule has 0 fully saturated rings. The van der Waals surface area contributed by atoms with Gasteiger partial charge in [0.05, 0.1) is 19.8 Å². The highest BCUT2D eigenvalue weighted by Crippen LogP contribution is 2.23. The summed E-state index contributed by atoms with van der Waals surface area (Å²) in [6, 6.07) is 1.10. The van der Waals surface area contributed by atoms with Gasteiger partial charge in [-0.05, 0) is 58.3 Å². The van der Waals surface area contributed by atoms with Gasteiger partial charge in [-0.25, -0.2) is 0 Å². The lowest BCUT2D eigenvalue weighted by molar-refractivity contribution is 0.0584. The van der Waals surface area contributed by atoms with E-state index in [2.05, 4.69) is 52.4 Å². The van der Waals surface area contributed by atoms with E-state index in [0.717, 1.165) is 19.1 Å². The molecular formula is C17H38O4Si3. The van der Waals surface area contributed by atoms with Crippen molar-refractivity contribution in [3.63, 3.8) is 0 Å². The molecule has 0 aromatic rings. The van der Waals surface area contributed by atoms with E-state index in [1.165, 1.54) is 0 Å². The molecule has 0 aliphatic rings. The molecule has 0 saturated heterocycles. The third-order valence-electron chi connectivity index (χ3n) is 3.00. The number of hydrogen-bond donors (Lipinski definition) is 0. The fourth-order valence-electron chi connectivity index (χ4n) is 2.60. The fraction of sp³-hybridized carbons (Fsp3) is 0.765. The molecule has 4 nitrogen and oxygen atoms in total. The van der Waals surface area contributed by atoms with Crippen molar-refractivity contribution < 1.29 is 17.7 Å². The molecular weight excluding hydrogens is 352 g/mol. The van der Waals surface area contributed by atoms with Gasteiger partial charge < -0.3 is 17.7 Å². The number of allylic oxidation sites excluding steroid dienone is 2. The van der Waals surface area contributed by atoms with Gasteiger partial charge in [-0.2, -0.15) is 0 Å². The number of rotatable bonds is 14. The summed E-state index contributed by atoms with van der Waals surface area (Å²) in [7, 11) is -5.27. The molecule has 7 heteroatoms. The summed E-state index contributed by atoms with van der Waals surface area (Å²) in [6.07, 6.45) is 6.59. The van der Waals surface area contributed by atoms with Crippen molar-refractivity contribution in [3.8, 4) is 0 Å². The van der Waals surface area contributed by atoms with Gasteiger partial charge in [-0.3, -0.25) is 0 Å². The SMILES string of the molecule is C=CC=CCOCCOCCC[Si](C)(C)O[Si](C)(C)O[Si](C)(C)C. The molecule has 142 valence electrons. The fourth-order valence-corrected chi connectivity index (χ4v) is 15.8. The van der Waals surface area contributed by atoms with E-state index >= 15 is 0 Å². The molecule has 0 aliphatic heterocycles. The molecule has 0 N–H and O–H groups in total. The summed E-state index contributed by atoms with van der Waals surface area (Å²) in [5, 5.41) is 0. The quantitative estimate of drug-likeness (QED) is 0.239. The zero-order valence-electron chi connectivity index (χ0n) is 16.8. The summed E-state index contributed by atoms with van der Waals surface area (Å²) in [5.41, 5.74) is 0. The minimum Gasteiger partial charge on any atom is -0.437 e. The summed E-state index contributed by atoms with van der Waals surface area (Å²) in [6.45, 7) is 21.8. The molecule has 0 spiro atoms. The summed E-state index contributed by atoms with van der Waals surface area (Å²) >= 11 is 0. The Hall–Kier alpha value is -0.0294. The van der Waals surface area contributed by atoms with Crippen LogP contribution in [-0.4, -0.2) is 51.6 Å². The van der Waals surface area contributed by atoms with Crippen LogP contribution >= 0.6 is 0 Å². The molecule has 0 bridgehead atoms. The monoisotopic (exact) mass is 390 g/mol. The first kappa shape index (κ1) is 24.0. The first-order chi connectivity index (χ1) is 11.0. The van der Waals surface area contributed by atoms with Crippen LogP contribution in [0.15, 0.2) is 24.8 Å². The van der Waals surface area contributed by atoms with E-state index in [9.17, 15) is 0 Å². The van der Waals surface area contributed by atoms with Crippen molar-refractivity contribution in [2.24, 2.45) is 0 Å². The highest BCUT2D eigenvalue weighted by molar-refractivity contribution is 6.87. The predicted octanol–water partition coefficient (Wildman–Crippen LogP) is 4.93. The molecule has 0 aliphatic carbocycles. The van der Waals surface area contributed by atoms with E-state index in [1.807, 2.05) is 12.2 Å². The average Bonchev–Trinajstić information content (AvgIpc) is 2.36. The molecule has 0 heterocycles. The zero-order chi connectivity index (χ0) is 18.7. The second-order valence-electron chi connectivity index (χ2n) is 7.93. The predicted molar refractivity (Wildman–Crippen MR) is 111 cm³/mol. The van der Waals surface area contributed by atoms with Crippen molar-refractivity contribution in [1.82, 2.24) is 0 Å². The largest absolute Gasteiger partial charge is 0.437 e. The van der Waals surface area contributed by atoms with E-state index in [-0.39, 0.29) is 0 Å². The van der Waals surface area contributed by atoms with Gasteiger partial charge in [-0.15, -0.1) is 0 Å². The average molecular weight is 391 g/mol. The van der Waals surface area contributed by atoms with Gasteiger partial charge in [0, 0.05) is 6.61 Å². The van der Waals surface area contributed by atoms with Crippen LogP contribution in [0.4, 0.5) is 0 Å². The van der Waals surface area contributed by atoms with Crippen LogP contribution < -0.4 is 0 Å². The lowest BCUT2D eigenvalue weighted by Crippen LogP contribution is -2.51. The Labute approximate surface area is 152 Å². The third-order valence-corrected chi connectivity index (χ3v) is 13.1. The Balaban J connectivity index is 3.84. The lowest BCUT2D eigenvalue weighted by Gasteiger charge is -2.37. The van der Waals surface area contributed by atoms with Crippen LogP contribution in [-0.2, 0) is 17.7 Å². The topological polar surface area (TPSA) is 36.9 Å². The van der Waals surface area contributed by atoms with Gasteiger partial charge in [0.1, 0.15) is 0 Å². The molecule has 24 heavy (non-hydrogen) atoms. The Kier molecular flexibility index (Phi) is 11.5. The Morgan fingerprint density at radius 3 is 2.04 bits per heavy atom. The van der Waals surface area contributed by atoms with E-state index in [1.54, 1.807) is 6.08 Å². The van der Waals surface area contributed by atoms with Crippen LogP contribution in [0.25, 0.3) is 0 Å². The summed E-state index contributed by atoms with van der Waals surface area (Å²) < 4.78 is 23.8. The van der Waals surface area contributed by atoms with Gasteiger partial charge in [0.25, 0.3) is 0 Å². The molecule has 0 radical (unpaired) electrons. The molecule has 0 rings (SSSR count). The molecule has 0 aromatic carbocycles. The van der Waals surface area contributed by atoms with Crippen molar-refractivity contribution in [2.45, 2.75) is 58.3 Å². The maximum absolute atomic E-state index is 6.48. The van der Waals surface area contributed by atoms with Gasteiger partial charge in [-0.1, -0.05) is 24.8 Å². The molecule has 0 atom stereocenters. The van der Waals surface area contributed by atoms with E-state index in [4.69, 9.17) is 17.7 Å². The first-order valence-electron chi connectivity index (χ1n) is 8.81. The molecule has 0 aromatic heterocycles. The Morgan fingerprint density at radius 2 is 1.46 bits per heavy atom. The standard InChI is InChI=1S/C17H38O4Si3/c1-9-10-11-13-18-15-16-19-14-12-17-23(5,6)21-24(7,8)20-22(2,3)4/h9-11H,1,12-17H2,2-8H3. The van der Waals surface area contributed by atoms with Gasteiger partial charge in [0.2, 0.25) is 0 Å². The maximum Gasteiger partial charge on any atom is 0.311 e. The Morgan fingerprint density at radius 1 is 0.833 bits per heavy atom. The molecule has 0 amide bonds. The summed E-state index contributed by atoms with van der Waals surface area (Å²) in [5.74, 6) is 0. The molecule has 0 unspecified atom stereocenters. The van der Waals surface area contributed by atoms with Crippen molar-refractivity contribution in [2.75, 3.05) is 26.4 Å². The smallest absolute Gasteiger partial charge is 0.311 e.